The van der Waals surface area contributed by atoms with E-state index in [4.69, 9.17) is 0 Å². The quantitative estimate of drug-likeness (QED) is 0.897. The number of amides is 1. The van der Waals surface area contributed by atoms with Crippen LogP contribution in [0.25, 0.3) is 0 Å². The van der Waals surface area contributed by atoms with Gasteiger partial charge in [-0.05, 0) is 44.2 Å². The lowest BCUT2D eigenvalue weighted by Crippen LogP contribution is -2.28. The van der Waals surface area contributed by atoms with Crippen molar-refractivity contribution in [1.29, 1.82) is 0 Å². The van der Waals surface area contributed by atoms with Gasteiger partial charge in [0.2, 0.25) is 5.91 Å². The van der Waals surface area contributed by atoms with Gasteiger partial charge in [0.05, 0.1) is 0 Å². The molecule has 0 radical (unpaired) electrons. The lowest BCUT2D eigenvalue weighted by atomic mass is 10.1. The van der Waals surface area contributed by atoms with Gasteiger partial charge in [0.25, 0.3) is 0 Å². The van der Waals surface area contributed by atoms with Crippen LogP contribution in [0.5, 0.6) is 0 Å². The number of hydrogen-bond donors (Lipinski definition) is 1. The molecule has 0 aliphatic carbocycles. The number of halogens is 1. The molecule has 0 heterocycles. The van der Waals surface area contributed by atoms with E-state index in [2.05, 4.69) is 11.4 Å². The summed E-state index contributed by atoms with van der Waals surface area (Å²) in [6, 6.07) is 6.17. The van der Waals surface area contributed by atoms with Gasteiger partial charge < -0.3 is 10.2 Å². The molecule has 0 saturated heterocycles. The number of benzene rings is 1. The predicted molar refractivity (Wildman–Crippen MR) is 75.1 cm³/mol. The van der Waals surface area contributed by atoms with Gasteiger partial charge in [-0.25, -0.2) is 0 Å². The number of rotatable bonds is 4. The number of hydrogen-bond acceptors (Lipinski definition) is 2. The number of carbonyl (C=O) groups excluding carboxylic acids is 1. The van der Waals surface area contributed by atoms with Crippen LogP contribution >= 0.6 is 12.4 Å². The van der Waals surface area contributed by atoms with Crippen LogP contribution in [0, 0.1) is 13.8 Å². The minimum Gasteiger partial charge on any atom is -0.319 e. The molecule has 0 fully saturated rings. The predicted octanol–water partition coefficient (Wildman–Crippen LogP) is 2.30. The minimum absolute atomic E-state index is 0. The summed E-state index contributed by atoms with van der Waals surface area (Å²) in [5.41, 5.74) is 3.34. The Morgan fingerprint density at radius 1 is 1.24 bits per heavy atom. The van der Waals surface area contributed by atoms with Gasteiger partial charge in [-0.1, -0.05) is 6.07 Å². The summed E-state index contributed by atoms with van der Waals surface area (Å²) in [6.45, 7) is 4.80. The number of aryl methyl sites for hydroxylation is 2. The minimum atomic E-state index is 0. The van der Waals surface area contributed by atoms with E-state index in [0.29, 0.717) is 13.0 Å². The zero-order valence-corrected chi connectivity index (χ0v) is 11.7. The standard InChI is InChI=1S/C13H20N2O.ClH/c1-10-7-11(2)9-12(8-10)15(4)13(16)5-6-14-3;/h7-9,14H,5-6H2,1-4H3;1H. The Morgan fingerprint density at radius 3 is 2.24 bits per heavy atom. The van der Waals surface area contributed by atoms with E-state index in [9.17, 15) is 4.79 Å². The molecular weight excluding hydrogens is 236 g/mol. The number of anilines is 1. The zero-order valence-electron chi connectivity index (χ0n) is 10.9. The first-order chi connectivity index (χ1) is 7.54. The van der Waals surface area contributed by atoms with Crippen LogP contribution in [0.4, 0.5) is 5.69 Å². The van der Waals surface area contributed by atoms with Crippen molar-refractivity contribution in [2.75, 3.05) is 25.5 Å². The number of nitrogens with one attached hydrogen (secondary N) is 1. The van der Waals surface area contributed by atoms with Gasteiger partial charge in [-0.3, -0.25) is 4.79 Å². The third-order valence-electron chi connectivity index (χ3n) is 2.56. The molecule has 0 aliphatic rings. The molecule has 1 aromatic rings. The van der Waals surface area contributed by atoms with Crippen molar-refractivity contribution in [2.45, 2.75) is 20.3 Å². The Labute approximate surface area is 110 Å². The molecule has 17 heavy (non-hydrogen) atoms. The van der Waals surface area contributed by atoms with E-state index >= 15 is 0 Å². The fourth-order valence-corrected chi connectivity index (χ4v) is 1.69. The second-order valence-electron chi connectivity index (χ2n) is 4.15. The topological polar surface area (TPSA) is 32.3 Å². The molecule has 0 aromatic heterocycles. The van der Waals surface area contributed by atoms with E-state index in [1.54, 1.807) is 4.90 Å². The second kappa shape index (κ2) is 7.30. The van der Waals surface area contributed by atoms with Crippen LogP contribution in [-0.4, -0.2) is 26.5 Å². The van der Waals surface area contributed by atoms with Crippen molar-refractivity contribution in [3.63, 3.8) is 0 Å². The van der Waals surface area contributed by atoms with Gasteiger partial charge in [-0.2, -0.15) is 0 Å². The maximum Gasteiger partial charge on any atom is 0.227 e. The first kappa shape index (κ1) is 15.9. The van der Waals surface area contributed by atoms with Gasteiger partial charge in [0.1, 0.15) is 0 Å². The van der Waals surface area contributed by atoms with Gasteiger partial charge in [0, 0.05) is 25.7 Å². The van der Waals surface area contributed by atoms with Crippen molar-refractivity contribution in [3.8, 4) is 0 Å². The van der Waals surface area contributed by atoms with Crippen molar-refractivity contribution in [3.05, 3.63) is 29.3 Å². The molecule has 1 amide bonds. The Morgan fingerprint density at radius 2 is 1.76 bits per heavy atom. The van der Waals surface area contributed by atoms with Crippen molar-refractivity contribution >= 4 is 24.0 Å². The largest absolute Gasteiger partial charge is 0.319 e. The highest BCUT2D eigenvalue weighted by molar-refractivity contribution is 5.93. The molecule has 0 unspecified atom stereocenters. The average Bonchev–Trinajstić information content (AvgIpc) is 2.23. The summed E-state index contributed by atoms with van der Waals surface area (Å²) in [5.74, 6) is 0.138. The number of carbonyl (C=O) groups is 1. The molecule has 4 heteroatoms. The van der Waals surface area contributed by atoms with E-state index < -0.39 is 0 Å². The van der Waals surface area contributed by atoms with E-state index in [0.717, 1.165) is 5.69 Å². The fraction of sp³-hybridized carbons (Fsp3) is 0.462. The van der Waals surface area contributed by atoms with Crippen LogP contribution in [0.3, 0.4) is 0 Å². The Kier molecular flexibility index (Phi) is 6.85. The monoisotopic (exact) mass is 256 g/mol. The molecule has 0 spiro atoms. The molecule has 1 aromatic carbocycles. The van der Waals surface area contributed by atoms with Gasteiger partial charge in [0.15, 0.2) is 0 Å². The smallest absolute Gasteiger partial charge is 0.227 e. The highest BCUT2D eigenvalue weighted by Gasteiger charge is 2.10. The van der Waals surface area contributed by atoms with E-state index in [-0.39, 0.29) is 18.3 Å². The molecular formula is C13H21ClN2O. The van der Waals surface area contributed by atoms with Gasteiger partial charge in [-0.15, -0.1) is 12.4 Å². The third-order valence-corrected chi connectivity index (χ3v) is 2.56. The van der Waals surface area contributed by atoms with Crippen molar-refractivity contribution in [2.24, 2.45) is 0 Å². The Balaban J connectivity index is 0.00000256. The normalized spacial score (nSPS) is 9.65. The Hall–Kier alpha value is -1.06. The molecule has 3 nitrogen and oxygen atoms in total. The molecule has 96 valence electrons. The van der Waals surface area contributed by atoms with Crippen LogP contribution in [0.1, 0.15) is 17.5 Å². The summed E-state index contributed by atoms with van der Waals surface area (Å²) < 4.78 is 0. The highest BCUT2D eigenvalue weighted by Crippen LogP contribution is 2.17. The summed E-state index contributed by atoms with van der Waals surface area (Å²) in [4.78, 5) is 13.5. The van der Waals surface area contributed by atoms with Crippen LogP contribution in [-0.2, 0) is 4.79 Å². The Bertz CT molecular complexity index is 359. The average molecular weight is 257 g/mol. The molecule has 0 atom stereocenters. The molecule has 0 bridgehead atoms. The molecule has 1 rings (SSSR count). The van der Waals surface area contributed by atoms with Crippen LogP contribution < -0.4 is 10.2 Å². The maximum absolute atomic E-state index is 11.8. The first-order valence-corrected chi connectivity index (χ1v) is 5.54. The lowest BCUT2D eigenvalue weighted by molar-refractivity contribution is -0.118. The fourth-order valence-electron chi connectivity index (χ4n) is 1.69. The van der Waals surface area contributed by atoms with Gasteiger partial charge >= 0.3 is 0 Å². The summed E-state index contributed by atoms with van der Waals surface area (Å²) >= 11 is 0. The highest BCUT2D eigenvalue weighted by atomic mass is 35.5. The summed E-state index contributed by atoms with van der Waals surface area (Å²) in [6.07, 6.45) is 0.528. The van der Waals surface area contributed by atoms with Crippen molar-refractivity contribution in [1.82, 2.24) is 5.32 Å². The molecule has 0 saturated carbocycles. The summed E-state index contributed by atoms with van der Waals surface area (Å²) in [5, 5.41) is 2.98. The second-order valence-corrected chi connectivity index (χ2v) is 4.15. The molecule has 0 aliphatic heterocycles. The maximum atomic E-state index is 11.8. The summed E-state index contributed by atoms with van der Waals surface area (Å²) in [7, 11) is 3.68. The van der Waals surface area contributed by atoms with Crippen LogP contribution in [0.15, 0.2) is 18.2 Å². The SMILES string of the molecule is CNCCC(=O)N(C)c1cc(C)cc(C)c1.Cl. The van der Waals surface area contributed by atoms with Crippen molar-refractivity contribution < 1.29 is 4.79 Å². The van der Waals surface area contributed by atoms with E-state index in [1.807, 2.05) is 40.1 Å². The number of nitrogens with zero attached hydrogens (tertiary/aromatic N) is 1. The lowest BCUT2D eigenvalue weighted by Gasteiger charge is -2.18. The third kappa shape index (κ3) is 4.75. The van der Waals surface area contributed by atoms with E-state index in [1.165, 1.54) is 11.1 Å². The zero-order chi connectivity index (χ0) is 12.1. The molecule has 1 N–H and O–H groups in total. The van der Waals surface area contributed by atoms with Crippen LogP contribution in [0.2, 0.25) is 0 Å². The first-order valence-electron chi connectivity index (χ1n) is 5.54.